The maximum Gasteiger partial charge on any atom is 0.335 e. The molecule has 0 aliphatic carbocycles. The molecule has 0 bridgehead atoms. The monoisotopic (exact) mass is 1820 g/mol. The van der Waals surface area contributed by atoms with Crippen molar-refractivity contribution in [2.45, 2.75) is 201 Å². The summed E-state index contributed by atoms with van der Waals surface area (Å²) in [6.07, 6.45) is 11.5. The van der Waals surface area contributed by atoms with Crippen LogP contribution in [0.4, 0.5) is 63.3 Å². The Morgan fingerprint density at radius 3 is 0.750 bits per heavy atom. The number of nitrogens with one attached hydrogen (secondary N) is 6. The first-order chi connectivity index (χ1) is 56.4. The van der Waals surface area contributed by atoms with Gasteiger partial charge in [0.15, 0.2) is 0 Å². The first kappa shape index (κ1) is 128. The number of amides is 2. The van der Waals surface area contributed by atoms with Crippen LogP contribution in [0.5, 0.6) is 0 Å². The SMILES string of the molecule is CC.CC.CC.CC.CC.CC.CC.CC.CC.CC.CC.CC.CC.CC=O.CC=O.CCNc1ccccc1.Nc1cccc(Nc2ncccn2)c1.Nc1ccccc1.O=C(Nc1cccc(Nc2ncccn2)c1)c1ccccc1.O=C(Nc1cccc(Nc2ncccn2)c1)c1ccccc1.O=C(O)c1ccccc1.[U]. The zero-order valence-corrected chi connectivity index (χ0v) is 79.9. The van der Waals surface area contributed by atoms with Gasteiger partial charge in [-0.15, -0.1) is 0 Å². The first-order valence-corrected chi connectivity index (χ1v) is 40.5. The van der Waals surface area contributed by atoms with Crippen molar-refractivity contribution in [3.8, 4) is 0 Å². The largest absolute Gasteiger partial charge is 0.478 e. The Balaban J connectivity index is -0.000000121. The number of anilines is 11. The molecule has 11 N–H and O–H groups in total. The van der Waals surface area contributed by atoms with Gasteiger partial charge in [-0.25, -0.2) is 34.7 Å². The van der Waals surface area contributed by atoms with Crippen LogP contribution in [0.25, 0.3) is 0 Å². The Kier molecular flexibility index (Phi) is 119. The second kappa shape index (κ2) is 108. The average Bonchev–Trinajstić information content (AvgIpc) is 0.869. The molecular weight excluding hydrogens is 1670 g/mol. The van der Waals surface area contributed by atoms with E-state index in [2.05, 4.69) is 80.9 Å². The van der Waals surface area contributed by atoms with E-state index < -0.39 is 5.97 Å². The quantitative estimate of drug-likeness (QED) is 0.0383. The summed E-state index contributed by atoms with van der Waals surface area (Å²) >= 11 is 0. The summed E-state index contributed by atoms with van der Waals surface area (Å²) in [6, 6.07) is 73.7. The van der Waals surface area contributed by atoms with E-state index >= 15 is 0 Å². The van der Waals surface area contributed by atoms with Gasteiger partial charge in [-0.1, -0.05) is 289 Å². The Morgan fingerprint density at radius 1 is 0.302 bits per heavy atom. The Morgan fingerprint density at radius 2 is 0.517 bits per heavy atom. The van der Waals surface area contributed by atoms with E-state index in [1.165, 1.54) is 19.5 Å². The van der Waals surface area contributed by atoms with Crippen LogP contribution < -0.4 is 43.4 Å². The summed E-state index contributed by atoms with van der Waals surface area (Å²) in [7, 11) is 0. The van der Waals surface area contributed by atoms with Crippen molar-refractivity contribution < 1.29 is 60.2 Å². The van der Waals surface area contributed by atoms with Gasteiger partial charge >= 0.3 is 5.97 Å². The molecule has 0 spiro atoms. The number of nitrogens with zero attached hydrogens (tertiary/aromatic N) is 6. The molecule has 11 aromatic rings. The molecule has 8 aromatic carbocycles. The molecule has 3 heterocycles. The van der Waals surface area contributed by atoms with E-state index in [1.54, 1.807) is 110 Å². The molecule has 116 heavy (non-hydrogen) atoms. The minimum absolute atomic E-state index is 0. The van der Waals surface area contributed by atoms with Crippen LogP contribution in [-0.4, -0.2) is 71.9 Å². The first-order valence-electron chi connectivity index (χ1n) is 40.5. The number of nitrogens with two attached hydrogens (primary N) is 2. The minimum Gasteiger partial charge on any atom is -0.478 e. The number of hydrogen-bond donors (Lipinski definition) is 9. The second-order valence-corrected chi connectivity index (χ2v) is 17.5. The number of hydrogen-bond acceptors (Lipinski definition) is 17. The average molecular weight is 1820 g/mol. The van der Waals surface area contributed by atoms with E-state index in [0.29, 0.717) is 51.6 Å². The van der Waals surface area contributed by atoms with Gasteiger partial charge in [-0.3, -0.25) is 9.59 Å². The molecule has 3 aromatic heterocycles. The van der Waals surface area contributed by atoms with Crippen molar-refractivity contribution in [1.29, 1.82) is 0 Å². The van der Waals surface area contributed by atoms with Crippen molar-refractivity contribution in [3.05, 3.63) is 297 Å². The third-order valence-electron chi connectivity index (χ3n) is 10.6. The summed E-state index contributed by atoms with van der Waals surface area (Å²) in [5.74, 6) is 0.416. The number of aldehydes is 2. The van der Waals surface area contributed by atoms with Crippen LogP contribution in [0.3, 0.4) is 0 Å². The minimum atomic E-state index is -0.879. The van der Waals surface area contributed by atoms with Crippen LogP contribution >= 0.6 is 0 Å². The molecular formula is C95H148N14O6U. The molecule has 0 atom stereocenters. The van der Waals surface area contributed by atoms with Crippen LogP contribution in [0.15, 0.2) is 280 Å². The molecule has 2 amide bonds. The van der Waals surface area contributed by atoms with E-state index in [0.717, 1.165) is 41.9 Å². The molecule has 0 aliphatic heterocycles. The maximum atomic E-state index is 12.1. The van der Waals surface area contributed by atoms with Crippen molar-refractivity contribution >= 4 is 93.7 Å². The van der Waals surface area contributed by atoms with Crippen molar-refractivity contribution in [2.24, 2.45) is 0 Å². The van der Waals surface area contributed by atoms with Crippen molar-refractivity contribution in [2.75, 3.05) is 49.9 Å². The Bertz CT molecular complexity index is 3580. The number of aromatic carboxylic acids is 1. The predicted molar refractivity (Wildman–Crippen MR) is 504 cm³/mol. The van der Waals surface area contributed by atoms with Gasteiger partial charge in [0, 0.05) is 131 Å². The fourth-order valence-electron chi connectivity index (χ4n) is 6.82. The van der Waals surface area contributed by atoms with Gasteiger partial charge in [0.2, 0.25) is 17.8 Å². The fraction of sp³-hybridized carbons (Fsp3) is 0.316. The zero-order chi connectivity index (χ0) is 89.9. The van der Waals surface area contributed by atoms with Gasteiger partial charge < -0.3 is 58.1 Å². The van der Waals surface area contributed by atoms with Gasteiger partial charge in [-0.2, -0.15) is 0 Å². The Labute approximate surface area is 726 Å². The third kappa shape index (κ3) is 76.6. The van der Waals surface area contributed by atoms with Crippen LogP contribution in [0.1, 0.15) is 232 Å². The third-order valence-corrected chi connectivity index (χ3v) is 10.6. The summed E-state index contributed by atoms with van der Waals surface area (Å²) in [5, 5.41) is 26.5. The molecule has 0 saturated carbocycles. The van der Waals surface area contributed by atoms with E-state index in [-0.39, 0.29) is 42.9 Å². The summed E-state index contributed by atoms with van der Waals surface area (Å²) in [6.45, 7) is 58.0. The normalized spacial score (nSPS) is 7.77. The fourth-order valence-corrected chi connectivity index (χ4v) is 6.82. The van der Waals surface area contributed by atoms with Crippen molar-refractivity contribution in [1.82, 2.24) is 29.9 Å². The number of para-hydroxylation sites is 2. The van der Waals surface area contributed by atoms with Gasteiger partial charge in [0.05, 0.1) is 5.56 Å². The molecule has 0 fully saturated rings. The molecule has 0 unspecified atom stereocenters. The molecule has 0 aliphatic rings. The maximum absolute atomic E-state index is 12.1. The summed E-state index contributed by atoms with van der Waals surface area (Å²) < 4.78 is 0. The molecule has 0 radical (unpaired) electrons. The number of carbonyl (C=O) groups is 5. The number of carboxylic acids is 1. The zero-order valence-electron chi connectivity index (χ0n) is 75.7. The van der Waals surface area contributed by atoms with Crippen LogP contribution in [0.2, 0.25) is 0 Å². The number of rotatable bonds is 13. The predicted octanol–water partition coefficient (Wildman–Crippen LogP) is 27.3. The van der Waals surface area contributed by atoms with Gasteiger partial charge in [0.25, 0.3) is 11.8 Å². The number of carbonyl (C=O) groups excluding carboxylic acids is 4. The smallest absolute Gasteiger partial charge is 0.335 e. The summed E-state index contributed by atoms with van der Waals surface area (Å²) in [4.78, 5) is 76.6. The summed E-state index contributed by atoms with van der Waals surface area (Å²) in [5.41, 5.74) is 19.2. The van der Waals surface area contributed by atoms with Gasteiger partial charge in [0.1, 0.15) is 12.6 Å². The van der Waals surface area contributed by atoms with E-state index in [1.807, 2.05) is 338 Å². The second-order valence-electron chi connectivity index (χ2n) is 17.5. The number of nitrogen functional groups attached to an aromatic ring is 2. The number of aromatic nitrogens is 6. The molecule has 21 heteroatoms. The van der Waals surface area contributed by atoms with Crippen LogP contribution in [-0.2, 0) is 9.59 Å². The van der Waals surface area contributed by atoms with Crippen molar-refractivity contribution in [3.63, 3.8) is 0 Å². The van der Waals surface area contributed by atoms with E-state index in [9.17, 15) is 14.4 Å². The van der Waals surface area contributed by atoms with Crippen LogP contribution in [0, 0.1) is 31.1 Å². The molecule has 11 rings (SSSR count). The standard InChI is InChI=1S/2C17H14N4O.C10H10N4.C8H11N.C7H6O2.C6H7N.2C2H4O.13C2H6.U/c2*22-16(13-6-2-1-3-7-13)20-14-8-4-9-15(12-14)21-17-18-10-5-11-19-17;11-8-3-1-4-9(7-8)14-10-12-5-2-6-13-10;1-2-9-8-6-4-3-5-7-8;8-7(9)6-4-2-1-3-5-6;7-6-4-2-1-3-5-6;2*1-2-3;13*1-2;/h2*1-12H,(H,20,22)(H,18,19,21);1-7H,11H2,(H,12,13,14);3-7,9H,2H2,1H3;1-5H,(H,8,9);1-5H,7H2;2*2H,1H3;13*1-2H3;. The topological polar surface area (TPSA) is 307 Å². The molecule has 0 saturated heterocycles. The Hall–Kier alpha value is -11.4. The van der Waals surface area contributed by atoms with E-state index in [4.69, 9.17) is 26.2 Å². The molecule has 638 valence electrons. The number of benzene rings is 8. The number of carboxylic acid groups (broad SMARTS) is 1. The van der Waals surface area contributed by atoms with Gasteiger partial charge in [-0.05, 0) is 154 Å². The molecule has 20 nitrogen and oxygen atoms in total.